The molecule has 0 aliphatic carbocycles. The lowest BCUT2D eigenvalue weighted by Gasteiger charge is -2.34. The lowest BCUT2D eigenvalue weighted by molar-refractivity contribution is -0.135. The molecule has 1 amide bonds. The Labute approximate surface area is 85.3 Å². The number of nitrogens with zero attached hydrogens (tertiary/aromatic N) is 1. The van der Waals surface area contributed by atoms with Gasteiger partial charge in [-0.1, -0.05) is 6.92 Å². The van der Waals surface area contributed by atoms with Crippen LogP contribution in [0.2, 0.25) is 0 Å². The van der Waals surface area contributed by atoms with Crippen LogP contribution in [0.1, 0.15) is 19.8 Å². The van der Waals surface area contributed by atoms with Crippen LogP contribution in [-0.4, -0.2) is 48.7 Å². The Morgan fingerprint density at radius 1 is 1.64 bits per heavy atom. The van der Waals surface area contributed by atoms with Crippen LogP contribution in [0.5, 0.6) is 0 Å². The summed E-state index contributed by atoms with van der Waals surface area (Å²) in [5.41, 5.74) is 0. The first-order chi connectivity index (χ1) is 6.65. The van der Waals surface area contributed by atoms with E-state index in [-0.39, 0.29) is 12.0 Å². The SMILES string of the molecule is CNCCC(=O)N1CCC(C)C(O)C1. The average Bonchev–Trinajstić information content (AvgIpc) is 2.18. The molecule has 0 spiro atoms. The monoisotopic (exact) mass is 200 g/mol. The topological polar surface area (TPSA) is 52.6 Å². The molecule has 14 heavy (non-hydrogen) atoms. The molecule has 4 nitrogen and oxygen atoms in total. The highest BCUT2D eigenvalue weighted by Crippen LogP contribution is 2.17. The molecule has 1 fully saturated rings. The third-order valence-electron chi connectivity index (χ3n) is 2.86. The number of hydrogen-bond donors (Lipinski definition) is 2. The van der Waals surface area contributed by atoms with E-state index in [9.17, 15) is 9.90 Å². The van der Waals surface area contributed by atoms with Gasteiger partial charge in [-0.05, 0) is 19.4 Å². The lowest BCUT2D eigenvalue weighted by Crippen LogP contribution is -2.46. The van der Waals surface area contributed by atoms with Crippen molar-refractivity contribution < 1.29 is 9.90 Å². The van der Waals surface area contributed by atoms with Gasteiger partial charge >= 0.3 is 0 Å². The van der Waals surface area contributed by atoms with Crippen molar-refractivity contribution in [1.82, 2.24) is 10.2 Å². The van der Waals surface area contributed by atoms with Crippen LogP contribution in [0.15, 0.2) is 0 Å². The molecule has 1 heterocycles. The first-order valence-electron chi connectivity index (χ1n) is 5.25. The maximum atomic E-state index is 11.6. The summed E-state index contributed by atoms with van der Waals surface area (Å²) in [5, 5.41) is 12.6. The number of hydrogen-bond acceptors (Lipinski definition) is 3. The van der Waals surface area contributed by atoms with Crippen LogP contribution in [0, 0.1) is 5.92 Å². The predicted molar refractivity (Wildman–Crippen MR) is 54.9 cm³/mol. The number of rotatable bonds is 3. The average molecular weight is 200 g/mol. The van der Waals surface area contributed by atoms with Crippen LogP contribution in [0.3, 0.4) is 0 Å². The van der Waals surface area contributed by atoms with Gasteiger partial charge in [-0.2, -0.15) is 0 Å². The first kappa shape index (κ1) is 11.5. The van der Waals surface area contributed by atoms with E-state index in [0.717, 1.165) is 13.0 Å². The summed E-state index contributed by atoms with van der Waals surface area (Å²) >= 11 is 0. The fourth-order valence-electron chi connectivity index (χ4n) is 1.67. The number of β-amino-alcohol motifs (C(OH)–C–C–N with tert-alkyl or cyclic N) is 1. The molecule has 1 aliphatic rings. The molecule has 0 aromatic rings. The fourth-order valence-corrected chi connectivity index (χ4v) is 1.67. The second kappa shape index (κ2) is 5.32. The summed E-state index contributed by atoms with van der Waals surface area (Å²) < 4.78 is 0. The molecule has 0 bridgehead atoms. The van der Waals surface area contributed by atoms with Crippen molar-refractivity contribution in [2.24, 2.45) is 5.92 Å². The third-order valence-corrected chi connectivity index (χ3v) is 2.86. The quantitative estimate of drug-likeness (QED) is 0.665. The highest BCUT2D eigenvalue weighted by atomic mass is 16.3. The van der Waals surface area contributed by atoms with Gasteiger partial charge in [-0.25, -0.2) is 0 Å². The van der Waals surface area contributed by atoms with E-state index < -0.39 is 0 Å². The number of aliphatic hydroxyl groups excluding tert-OH is 1. The Balaban J connectivity index is 2.34. The van der Waals surface area contributed by atoms with Gasteiger partial charge < -0.3 is 15.3 Å². The van der Waals surface area contributed by atoms with E-state index in [2.05, 4.69) is 5.32 Å². The van der Waals surface area contributed by atoms with Gasteiger partial charge in [0.25, 0.3) is 0 Å². The minimum absolute atomic E-state index is 0.144. The molecule has 0 aromatic heterocycles. The maximum absolute atomic E-state index is 11.6. The normalized spacial score (nSPS) is 27.8. The molecule has 4 heteroatoms. The molecule has 1 aliphatic heterocycles. The molecular formula is C10H20N2O2. The number of aliphatic hydroxyl groups is 1. The zero-order valence-electron chi connectivity index (χ0n) is 8.99. The molecule has 1 saturated heterocycles. The number of carbonyl (C=O) groups is 1. The predicted octanol–water partition coefficient (Wildman–Crippen LogP) is -0.175. The van der Waals surface area contributed by atoms with Gasteiger partial charge in [0, 0.05) is 26.1 Å². The molecule has 82 valence electrons. The Bertz CT molecular complexity index is 197. The molecule has 2 unspecified atom stereocenters. The van der Waals surface area contributed by atoms with Crippen LogP contribution < -0.4 is 5.32 Å². The lowest BCUT2D eigenvalue weighted by atomic mass is 9.96. The third kappa shape index (κ3) is 2.96. The second-order valence-corrected chi connectivity index (χ2v) is 4.03. The van der Waals surface area contributed by atoms with Gasteiger partial charge in [0.05, 0.1) is 6.10 Å². The molecule has 2 N–H and O–H groups in total. The minimum Gasteiger partial charge on any atom is -0.391 e. The van der Waals surface area contributed by atoms with E-state index in [4.69, 9.17) is 0 Å². The van der Waals surface area contributed by atoms with E-state index in [0.29, 0.717) is 25.4 Å². The first-order valence-corrected chi connectivity index (χ1v) is 5.25. The highest BCUT2D eigenvalue weighted by molar-refractivity contribution is 5.76. The molecule has 1 rings (SSSR count). The number of amides is 1. The maximum Gasteiger partial charge on any atom is 0.223 e. The van der Waals surface area contributed by atoms with Crippen molar-refractivity contribution in [3.63, 3.8) is 0 Å². The summed E-state index contributed by atoms with van der Waals surface area (Å²) in [6.07, 6.45) is 1.09. The Morgan fingerprint density at radius 2 is 2.36 bits per heavy atom. The van der Waals surface area contributed by atoms with E-state index in [1.165, 1.54) is 0 Å². The van der Waals surface area contributed by atoms with Gasteiger partial charge in [0.15, 0.2) is 0 Å². The van der Waals surface area contributed by atoms with Crippen LogP contribution in [0.25, 0.3) is 0 Å². The zero-order chi connectivity index (χ0) is 10.6. The number of likely N-dealkylation sites (tertiary alicyclic amines) is 1. The molecule has 0 radical (unpaired) electrons. The number of carbonyl (C=O) groups excluding carboxylic acids is 1. The summed E-state index contributed by atoms with van der Waals surface area (Å²) in [6.45, 7) is 4.03. The van der Waals surface area contributed by atoms with Crippen LogP contribution in [-0.2, 0) is 4.79 Å². The van der Waals surface area contributed by atoms with Gasteiger partial charge in [-0.3, -0.25) is 4.79 Å². The van der Waals surface area contributed by atoms with Crippen molar-refractivity contribution in [2.45, 2.75) is 25.9 Å². The van der Waals surface area contributed by atoms with E-state index >= 15 is 0 Å². The summed E-state index contributed by atoms with van der Waals surface area (Å²) in [7, 11) is 1.83. The Kier molecular flexibility index (Phi) is 4.35. The molecule has 2 atom stereocenters. The summed E-state index contributed by atoms with van der Waals surface area (Å²) in [5.74, 6) is 0.466. The number of nitrogens with one attached hydrogen (secondary N) is 1. The highest BCUT2D eigenvalue weighted by Gasteiger charge is 2.26. The summed E-state index contributed by atoms with van der Waals surface area (Å²) in [4.78, 5) is 13.3. The Morgan fingerprint density at radius 3 is 2.93 bits per heavy atom. The number of piperidine rings is 1. The molecule has 0 aromatic carbocycles. The second-order valence-electron chi connectivity index (χ2n) is 4.03. The van der Waals surface area contributed by atoms with Crippen molar-refractivity contribution >= 4 is 5.91 Å². The molecular weight excluding hydrogens is 180 g/mol. The van der Waals surface area contributed by atoms with Crippen molar-refractivity contribution in [1.29, 1.82) is 0 Å². The smallest absolute Gasteiger partial charge is 0.223 e. The standard InChI is InChI=1S/C10H20N2O2/c1-8-4-6-12(7-9(8)13)10(14)3-5-11-2/h8-9,11,13H,3-7H2,1-2H3. The van der Waals surface area contributed by atoms with E-state index in [1.807, 2.05) is 14.0 Å². The fraction of sp³-hybridized carbons (Fsp3) is 0.900. The van der Waals surface area contributed by atoms with Gasteiger partial charge in [0.1, 0.15) is 0 Å². The van der Waals surface area contributed by atoms with Crippen molar-refractivity contribution in [3.8, 4) is 0 Å². The largest absolute Gasteiger partial charge is 0.391 e. The Hall–Kier alpha value is -0.610. The van der Waals surface area contributed by atoms with Crippen LogP contribution >= 0.6 is 0 Å². The summed E-state index contributed by atoms with van der Waals surface area (Å²) in [6, 6.07) is 0. The van der Waals surface area contributed by atoms with Gasteiger partial charge in [0.2, 0.25) is 5.91 Å². The van der Waals surface area contributed by atoms with Crippen LogP contribution in [0.4, 0.5) is 0 Å². The van der Waals surface area contributed by atoms with Crippen molar-refractivity contribution in [3.05, 3.63) is 0 Å². The minimum atomic E-state index is -0.345. The van der Waals surface area contributed by atoms with Gasteiger partial charge in [-0.15, -0.1) is 0 Å². The van der Waals surface area contributed by atoms with Crippen molar-refractivity contribution in [2.75, 3.05) is 26.7 Å². The molecule has 0 saturated carbocycles. The van der Waals surface area contributed by atoms with E-state index in [1.54, 1.807) is 4.90 Å². The zero-order valence-corrected chi connectivity index (χ0v) is 8.99.